The molecule has 0 radical (unpaired) electrons. The van der Waals surface area contributed by atoms with E-state index in [4.69, 9.17) is 11.2 Å². The standard InChI is InChI=1S/C21H22N2O5/c1-5-14-6-8-15(9-7-14)22-13-21(12-17(22)25)11-10-16(24)23(18(21)26)19(27)28-20(2,3)4/h1,6-9H,10-13H2,2-4H3. The summed E-state index contributed by atoms with van der Waals surface area (Å²) in [6, 6.07) is 6.87. The van der Waals surface area contributed by atoms with E-state index < -0.39 is 28.9 Å². The maximum absolute atomic E-state index is 13.1. The second-order valence-corrected chi connectivity index (χ2v) is 8.14. The Hall–Kier alpha value is -3.14. The molecule has 0 saturated carbocycles. The number of carbonyl (C=O) groups excluding carboxylic acids is 4. The summed E-state index contributed by atoms with van der Waals surface area (Å²) in [6.07, 6.45) is 4.52. The van der Waals surface area contributed by atoms with E-state index >= 15 is 0 Å². The molecule has 7 nitrogen and oxygen atoms in total. The molecule has 0 N–H and O–H groups in total. The summed E-state index contributed by atoms with van der Waals surface area (Å²) in [5.41, 5.74) is -0.666. The van der Waals surface area contributed by atoms with Crippen LogP contribution < -0.4 is 4.90 Å². The third-order valence-corrected chi connectivity index (χ3v) is 4.90. The maximum atomic E-state index is 13.1. The van der Waals surface area contributed by atoms with Crippen molar-refractivity contribution in [2.24, 2.45) is 5.41 Å². The van der Waals surface area contributed by atoms with Crippen LogP contribution in [0.3, 0.4) is 0 Å². The van der Waals surface area contributed by atoms with Gasteiger partial charge in [-0.15, -0.1) is 6.42 Å². The average Bonchev–Trinajstić information content (AvgIpc) is 2.95. The van der Waals surface area contributed by atoms with Gasteiger partial charge in [-0.1, -0.05) is 5.92 Å². The Kier molecular flexibility index (Phi) is 4.76. The van der Waals surface area contributed by atoms with E-state index in [0.717, 1.165) is 0 Å². The molecule has 1 aromatic carbocycles. The zero-order valence-corrected chi connectivity index (χ0v) is 16.2. The third kappa shape index (κ3) is 3.50. The minimum absolute atomic E-state index is 0.00212. The third-order valence-electron chi connectivity index (χ3n) is 4.90. The second kappa shape index (κ2) is 6.79. The minimum Gasteiger partial charge on any atom is -0.443 e. The van der Waals surface area contributed by atoms with Crippen LogP contribution in [-0.2, 0) is 19.1 Å². The van der Waals surface area contributed by atoms with E-state index in [9.17, 15) is 19.2 Å². The van der Waals surface area contributed by atoms with Crippen molar-refractivity contribution in [3.63, 3.8) is 0 Å². The van der Waals surface area contributed by atoms with Crippen LogP contribution in [0.1, 0.15) is 45.6 Å². The Morgan fingerprint density at radius 2 is 1.79 bits per heavy atom. The maximum Gasteiger partial charge on any atom is 0.424 e. The van der Waals surface area contributed by atoms with Gasteiger partial charge in [0.25, 0.3) is 0 Å². The minimum atomic E-state index is -1.12. The number of rotatable bonds is 1. The zero-order valence-electron chi connectivity index (χ0n) is 16.2. The topological polar surface area (TPSA) is 84.0 Å². The Balaban J connectivity index is 1.86. The van der Waals surface area contributed by atoms with E-state index in [1.807, 2.05) is 0 Å². The van der Waals surface area contributed by atoms with Gasteiger partial charge in [-0.05, 0) is 51.5 Å². The number of imide groups is 3. The van der Waals surface area contributed by atoms with Crippen molar-refractivity contribution in [3.05, 3.63) is 29.8 Å². The SMILES string of the molecule is C#Cc1ccc(N2CC3(CCC(=O)N(C(=O)OC(C)(C)C)C3=O)CC2=O)cc1. The molecule has 2 saturated heterocycles. The smallest absolute Gasteiger partial charge is 0.424 e. The molecule has 7 heteroatoms. The van der Waals surface area contributed by atoms with Crippen LogP contribution >= 0.6 is 0 Å². The van der Waals surface area contributed by atoms with Crippen molar-refractivity contribution in [1.82, 2.24) is 4.90 Å². The Morgan fingerprint density at radius 1 is 1.14 bits per heavy atom. The number of piperidine rings is 1. The predicted octanol–water partition coefficient (Wildman–Crippen LogP) is 2.48. The molecule has 2 heterocycles. The molecule has 0 aliphatic carbocycles. The van der Waals surface area contributed by atoms with Crippen LogP contribution in [-0.4, -0.2) is 40.9 Å². The number of hydrogen-bond donors (Lipinski definition) is 0. The van der Waals surface area contributed by atoms with Crippen molar-refractivity contribution >= 4 is 29.5 Å². The van der Waals surface area contributed by atoms with Crippen LogP contribution in [0.2, 0.25) is 0 Å². The average molecular weight is 382 g/mol. The molecule has 0 bridgehead atoms. The molecule has 2 aliphatic heterocycles. The predicted molar refractivity (Wildman–Crippen MR) is 101 cm³/mol. The number of benzene rings is 1. The van der Waals surface area contributed by atoms with E-state index in [1.54, 1.807) is 45.0 Å². The van der Waals surface area contributed by atoms with E-state index in [1.165, 1.54) is 4.90 Å². The summed E-state index contributed by atoms with van der Waals surface area (Å²) in [7, 11) is 0. The van der Waals surface area contributed by atoms with Gasteiger partial charge in [-0.2, -0.15) is 4.90 Å². The summed E-state index contributed by atoms with van der Waals surface area (Å²) < 4.78 is 5.21. The summed E-state index contributed by atoms with van der Waals surface area (Å²) in [5, 5.41) is 0. The number of hydrogen-bond acceptors (Lipinski definition) is 5. The van der Waals surface area contributed by atoms with Crippen LogP contribution in [0.5, 0.6) is 0 Å². The number of anilines is 1. The molecular formula is C21H22N2O5. The molecule has 3 rings (SSSR count). The molecule has 0 aromatic heterocycles. The number of carbonyl (C=O) groups is 4. The highest BCUT2D eigenvalue weighted by molar-refractivity contribution is 6.15. The van der Waals surface area contributed by atoms with E-state index in [-0.39, 0.29) is 31.7 Å². The highest BCUT2D eigenvalue weighted by atomic mass is 16.6. The van der Waals surface area contributed by atoms with Crippen molar-refractivity contribution in [1.29, 1.82) is 0 Å². The van der Waals surface area contributed by atoms with Crippen molar-refractivity contribution in [2.75, 3.05) is 11.4 Å². The first-order valence-electron chi connectivity index (χ1n) is 9.04. The Morgan fingerprint density at radius 3 is 2.36 bits per heavy atom. The second-order valence-electron chi connectivity index (χ2n) is 8.14. The normalized spacial score (nSPS) is 22.6. The first-order valence-corrected chi connectivity index (χ1v) is 9.04. The number of ether oxygens (including phenoxy) is 1. The van der Waals surface area contributed by atoms with Gasteiger partial charge < -0.3 is 9.64 Å². The molecule has 4 amide bonds. The Bertz CT molecular complexity index is 891. The number of nitrogens with zero attached hydrogens (tertiary/aromatic N) is 2. The number of terminal acetylenes is 1. The lowest BCUT2D eigenvalue weighted by Crippen LogP contribution is -2.55. The summed E-state index contributed by atoms with van der Waals surface area (Å²) in [6.45, 7) is 5.06. The molecule has 2 aliphatic rings. The molecule has 1 spiro atoms. The van der Waals surface area contributed by atoms with Crippen LogP contribution in [0.15, 0.2) is 24.3 Å². The fraction of sp³-hybridized carbons (Fsp3) is 0.429. The first kappa shape index (κ1) is 19.6. The Labute approximate surface area is 163 Å². The number of amides is 4. The van der Waals surface area contributed by atoms with Crippen molar-refractivity contribution < 1.29 is 23.9 Å². The van der Waals surface area contributed by atoms with Gasteiger partial charge in [0.05, 0.1) is 5.41 Å². The van der Waals surface area contributed by atoms with E-state index in [0.29, 0.717) is 16.2 Å². The van der Waals surface area contributed by atoms with Crippen LogP contribution in [0.4, 0.5) is 10.5 Å². The molecule has 1 unspecified atom stereocenters. The molecule has 1 aromatic rings. The zero-order chi connectivity index (χ0) is 20.7. The fourth-order valence-corrected chi connectivity index (χ4v) is 3.52. The van der Waals surface area contributed by atoms with Gasteiger partial charge in [0.15, 0.2) is 0 Å². The summed E-state index contributed by atoms with van der Waals surface area (Å²) in [5.74, 6) is 0.998. The summed E-state index contributed by atoms with van der Waals surface area (Å²) >= 11 is 0. The van der Waals surface area contributed by atoms with Crippen molar-refractivity contribution in [2.45, 2.75) is 45.6 Å². The highest BCUT2D eigenvalue weighted by Crippen LogP contribution is 2.43. The lowest BCUT2D eigenvalue weighted by atomic mass is 9.78. The first-order chi connectivity index (χ1) is 13.1. The van der Waals surface area contributed by atoms with Crippen LogP contribution in [0, 0.1) is 17.8 Å². The largest absolute Gasteiger partial charge is 0.443 e. The lowest BCUT2D eigenvalue weighted by Gasteiger charge is -2.36. The fourth-order valence-electron chi connectivity index (χ4n) is 3.52. The van der Waals surface area contributed by atoms with Gasteiger partial charge >= 0.3 is 6.09 Å². The molecule has 146 valence electrons. The molecular weight excluding hydrogens is 360 g/mol. The van der Waals surface area contributed by atoms with E-state index in [2.05, 4.69) is 5.92 Å². The lowest BCUT2D eigenvalue weighted by molar-refractivity contribution is -0.155. The van der Waals surface area contributed by atoms with Crippen molar-refractivity contribution in [3.8, 4) is 12.3 Å². The molecule has 1 atom stereocenters. The van der Waals surface area contributed by atoms with Crippen LogP contribution in [0.25, 0.3) is 0 Å². The van der Waals surface area contributed by atoms with Gasteiger partial charge in [-0.25, -0.2) is 4.79 Å². The van der Waals surface area contributed by atoms with Gasteiger partial charge in [0.2, 0.25) is 17.7 Å². The summed E-state index contributed by atoms with van der Waals surface area (Å²) in [4.78, 5) is 52.5. The quantitative estimate of drug-likeness (QED) is 0.550. The monoisotopic (exact) mass is 382 g/mol. The van der Waals surface area contributed by atoms with Gasteiger partial charge in [-0.3, -0.25) is 14.4 Å². The number of likely N-dealkylation sites (tertiary alicyclic amines) is 1. The molecule has 2 fully saturated rings. The molecule has 28 heavy (non-hydrogen) atoms. The van der Waals surface area contributed by atoms with Gasteiger partial charge in [0, 0.05) is 30.6 Å². The van der Waals surface area contributed by atoms with Gasteiger partial charge in [0.1, 0.15) is 5.60 Å². The highest BCUT2D eigenvalue weighted by Gasteiger charge is 2.56.